The van der Waals surface area contributed by atoms with E-state index >= 15 is 0 Å². The number of hydrogen-bond acceptors (Lipinski definition) is 5. The smallest absolute Gasteiger partial charge is 0.205 e. The van der Waals surface area contributed by atoms with Crippen molar-refractivity contribution in [2.24, 2.45) is 0 Å². The maximum Gasteiger partial charge on any atom is 0.205 e. The van der Waals surface area contributed by atoms with E-state index in [9.17, 15) is 4.39 Å². The van der Waals surface area contributed by atoms with E-state index in [1.807, 2.05) is 0 Å². The molecule has 2 rings (SSSR count). The van der Waals surface area contributed by atoms with Crippen LogP contribution in [0.1, 0.15) is 5.56 Å². The summed E-state index contributed by atoms with van der Waals surface area (Å²) in [6, 6.07) is 3.92. The van der Waals surface area contributed by atoms with Crippen molar-refractivity contribution in [3.05, 3.63) is 35.1 Å². The van der Waals surface area contributed by atoms with Gasteiger partial charge in [-0.15, -0.1) is 10.2 Å². The Bertz CT molecular complexity index is 426. The van der Waals surface area contributed by atoms with Gasteiger partial charge in [0.25, 0.3) is 0 Å². The SMILES string of the molecule is Oc1cc(F)cc(CNc2nncs2)c1. The molecule has 0 bridgehead atoms. The van der Waals surface area contributed by atoms with E-state index in [1.54, 1.807) is 5.51 Å². The molecule has 0 spiro atoms. The first-order valence-corrected chi connectivity index (χ1v) is 5.10. The Morgan fingerprint density at radius 2 is 2.27 bits per heavy atom. The molecular weight excluding hydrogens is 217 g/mol. The first kappa shape index (κ1) is 9.85. The molecule has 78 valence electrons. The van der Waals surface area contributed by atoms with E-state index in [0.717, 1.165) is 6.07 Å². The van der Waals surface area contributed by atoms with Crippen molar-refractivity contribution in [3.8, 4) is 5.75 Å². The lowest BCUT2D eigenvalue weighted by Gasteiger charge is -2.03. The molecule has 0 aliphatic rings. The quantitative estimate of drug-likeness (QED) is 0.838. The summed E-state index contributed by atoms with van der Waals surface area (Å²) in [5.74, 6) is -0.534. The minimum atomic E-state index is -0.455. The van der Waals surface area contributed by atoms with Gasteiger partial charge in [-0.25, -0.2) is 4.39 Å². The van der Waals surface area contributed by atoms with Gasteiger partial charge in [-0.1, -0.05) is 11.3 Å². The van der Waals surface area contributed by atoms with Crippen molar-refractivity contribution in [3.63, 3.8) is 0 Å². The van der Waals surface area contributed by atoms with Crippen LogP contribution in [0.2, 0.25) is 0 Å². The predicted molar refractivity (Wildman–Crippen MR) is 55.3 cm³/mol. The number of aromatic hydroxyl groups is 1. The lowest BCUT2D eigenvalue weighted by Crippen LogP contribution is -1.99. The zero-order valence-corrected chi connectivity index (χ0v) is 8.46. The first-order chi connectivity index (χ1) is 7.24. The van der Waals surface area contributed by atoms with Gasteiger partial charge in [0.1, 0.15) is 17.1 Å². The van der Waals surface area contributed by atoms with Gasteiger partial charge in [0.2, 0.25) is 5.13 Å². The number of anilines is 1. The van der Waals surface area contributed by atoms with Crippen LogP contribution in [-0.4, -0.2) is 15.3 Å². The van der Waals surface area contributed by atoms with Crippen molar-refractivity contribution < 1.29 is 9.50 Å². The summed E-state index contributed by atoms with van der Waals surface area (Å²) in [5, 5.41) is 20.2. The maximum atomic E-state index is 12.9. The van der Waals surface area contributed by atoms with Crippen molar-refractivity contribution >= 4 is 16.5 Å². The zero-order chi connectivity index (χ0) is 10.7. The molecule has 1 aromatic heterocycles. The topological polar surface area (TPSA) is 58.0 Å². The normalized spacial score (nSPS) is 10.2. The molecule has 2 N–H and O–H groups in total. The second kappa shape index (κ2) is 4.22. The maximum absolute atomic E-state index is 12.9. The highest BCUT2D eigenvalue weighted by Crippen LogP contribution is 2.16. The number of phenols is 1. The molecule has 0 aliphatic heterocycles. The number of rotatable bonds is 3. The summed E-state index contributed by atoms with van der Waals surface area (Å²) >= 11 is 1.36. The standard InChI is InChI=1S/C9H8FN3OS/c10-7-1-6(2-8(14)3-7)4-11-9-13-12-5-15-9/h1-3,5,14H,4H2,(H,11,13). The summed E-state index contributed by atoms with van der Waals surface area (Å²) in [5.41, 5.74) is 2.26. The average molecular weight is 225 g/mol. The van der Waals surface area contributed by atoms with Gasteiger partial charge < -0.3 is 10.4 Å². The largest absolute Gasteiger partial charge is 0.508 e. The van der Waals surface area contributed by atoms with Gasteiger partial charge in [-0.2, -0.15) is 0 Å². The summed E-state index contributed by atoms with van der Waals surface area (Å²) in [7, 11) is 0. The molecule has 15 heavy (non-hydrogen) atoms. The van der Waals surface area contributed by atoms with Gasteiger partial charge in [0.05, 0.1) is 0 Å². The number of hydrogen-bond donors (Lipinski definition) is 2. The Kier molecular flexibility index (Phi) is 2.77. The molecule has 0 atom stereocenters. The van der Waals surface area contributed by atoms with Crippen molar-refractivity contribution in [2.75, 3.05) is 5.32 Å². The monoisotopic (exact) mass is 225 g/mol. The summed E-state index contributed by atoms with van der Waals surface area (Å²) < 4.78 is 12.9. The highest BCUT2D eigenvalue weighted by Gasteiger charge is 2.01. The lowest BCUT2D eigenvalue weighted by atomic mass is 10.2. The van der Waals surface area contributed by atoms with E-state index in [4.69, 9.17) is 5.11 Å². The fraction of sp³-hybridized carbons (Fsp3) is 0.111. The zero-order valence-electron chi connectivity index (χ0n) is 7.64. The third kappa shape index (κ3) is 2.63. The van der Waals surface area contributed by atoms with E-state index < -0.39 is 5.82 Å². The van der Waals surface area contributed by atoms with Crippen LogP contribution in [-0.2, 0) is 6.54 Å². The van der Waals surface area contributed by atoms with Gasteiger partial charge >= 0.3 is 0 Å². The van der Waals surface area contributed by atoms with Crippen LogP contribution < -0.4 is 5.32 Å². The van der Waals surface area contributed by atoms with Gasteiger partial charge in [-0.3, -0.25) is 0 Å². The van der Waals surface area contributed by atoms with Crippen LogP contribution in [0.3, 0.4) is 0 Å². The lowest BCUT2D eigenvalue weighted by molar-refractivity contribution is 0.468. The molecule has 0 unspecified atom stereocenters. The van der Waals surface area contributed by atoms with E-state index in [-0.39, 0.29) is 5.75 Å². The Balaban J connectivity index is 2.05. The van der Waals surface area contributed by atoms with E-state index in [0.29, 0.717) is 17.2 Å². The number of benzene rings is 1. The molecule has 0 fully saturated rings. The summed E-state index contributed by atoms with van der Waals surface area (Å²) in [6.07, 6.45) is 0. The fourth-order valence-corrected chi connectivity index (χ4v) is 1.61. The third-order valence-corrected chi connectivity index (χ3v) is 2.40. The Morgan fingerprint density at radius 1 is 1.40 bits per heavy atom. The van der Waals surface area contributed by atoms with Crippen LogP contribution >= 0.6 is 11.3 Å². The average Bonchev–Trinajstić information content (AvgIpc) is 2.65. The Morgan fingerprint density at radius 3 is 2.93 bits per heavy atom. The summed E-state index contributed by atoms with van der Waals surface area (Å²) in [4.78, 5) is 0. The second-order valence-corrected chi connectivity index (χ2v) is 3.75. The second-order valence-electron chi connectivity index (χ2n) is 2.92. The number of nitrogens with zero attached hydrogens (tertiary/aromatic N) is 2. The highest BCUT2D eigenvalue weighted by molar-refractivity contribution is 7.13. The molecule has 6 heteroatoms. The Hall–Kier alpha value is -1.69. The van der Waals surface area contributed by atoms with E-state index in [2.05, 4.69) is 15.5 Å². The van der Waals surface area contributed by atoms with Crippen molar-refractivity contribution in [1.29, 1.82) is 0 Å². The van der Waals surface area contributed by atoms with Crippen molar-refractivity contribution in [1.82, 2.24) is 10.2 Å². The molecule has 0 saturated carbocycles. The summed E-state index contributed by atoms with van der Waals surface area (Å²) in [6.45, 7) is 0.403. The third-order valence-electron chi connectivity index (χ3n) is 1.75. The fourth-order valence-electron chi connectivity index (χ4n) is 1.16. The highest BCUT2D eigenvalue weighted by atomic mass is 32.1. The molecule has 4 nitrogen and oxygen atoms in total. The molecule has 2 aromatic rings. The molecule has 1 heterocycles. The number of phenolic OH excluding ortho intramolecular Hbond substituents is 1. The van der Waals surface area contributed by atoms with Gasteiger partial charge in [0, 0.05) is 12.6 Å². The van der Waals surface area contributed by atoms with Crippen molar-refractivity contribution in [2.45, 2.75) is 6.54 Å². The van der Waals surface area contributed by atoms with Gasteiger partial charge in [0.15, 0.2) is 0 Å². The van der Waals surface area contributed by atoms with Crippen LogP contribution in [0.15, 0.2) is 23.7 Å². The van der Waals surface area contributed by atoms with Crippen LogP contribution in [0.5, 0.6) is 5.75 Å². The minimum absolute atomic E-state index is 0.0796. The molecule has 0 amide bonds. The predicted octanol–water partition coefficient (Wildman–Crippen LogP) is 1.99. The first-order valence-electron chi connectivity index (χ1n) is 4.22. The minimum Gasteiger partial charge on any atom is -0.508 e. The van der Waals surface area contributed by atoms with Crippen LogP contribution in [0.4, 0.5) is 9.52 Å². The Labute approximate surface area is 89.4 Å². The molecule has 1 aromatic carbocycles. The molecule has 0 radical (unpaired) electrons. The number of nitrogens with one attached hydrogen (secondary N) is 1. The molecule has 0 saturated heterocycles. The molecular formula is C9H8FN3OS. The van der Waals surface area contributed by atoms with Crippen LogP contribution in [0.25, 0.3) is 0 Å². The van der Waals surface area contributed by atoms with Gasteiger partial charge in [-0.05, 0) is 17.7 Å². The van der Waals surface area contributed by atoms with E-state index in [1.165, 1.54) is 23.5 Å². The van der Waals surface area contributed by atoms with Crippen LogP contribution in [0, 0.1) is 5.82 Å². The molecule has 0 aliphatic carbocycles. The number of aromatic nitrogens is 2. The number of halogens is 1.